The first kappa shape index (κ1) is 15.1. The summed E-state index contributed by atoms with van der Waals surface area (Å²) >= 11 is 0. The molecule has 0 aromatic rings. The van der Waals surface area contributed by atoms with Crippen LogP contribution in [0.1, 0.15) is 26.2 Å². The lowest BCUT2D eigenvalue weighted by molar-refractivity contribution is -0.138. The van der Waals surface area contributed by atoms with Gasteiger partial charge >= 0.3 is 12.0 Å². The van der Waals surface area contributed by atoms with Crippen LogP contribution in [0.3, 0.4) is 0 Å². The van der Waals surface area contributed by atoms with Crippen LogP contribution in [-0.2, 0) is 4.79 Å². The van der Waals surface area contributed by atoms with Gasteiger partial charge in [0.15, 0.2) is 0 Å². The number of rotatable bonds is 5. The summed E-state index contributed by atoms with van der Waals surface area (Å²) < 4.78 is 0. The molecule has 2 rings (SSSR count). The number of nitrogens with one attached hydrogen (secondary N) is 1. The third kappa shape index (κ3) is 4.67. The van der Waals surface area contributed by atoms with E-state index in [2.05, 4.69) is 12.2 Å². The molecule has 2 aliphatic rings. The minimum Gasteiger partial charge on any atom is -0.480 e. The summed E-state index contributed by atoms with van der Waals surface area (Å²) in [5.41, 5.74) is 0. The fourth-order valence-electron chi connectivity index (χ4n) is 2.72. The average Bonchev–Trinajstić information content (AvgIpc) is 3.21. The molecule has 1 saturated carbocycles. The van der Waals surface area contributed by atoms with E-state index in [9.17, 15) is 9.59 Å². The molecule has 2 amide bonds. The van der Waals surface area contributed by atoms with Crippen LogP contribution in [0.4, 0.5) is 4.79 Å². The van der Waals surface area contributed by atoms with Gasteiger partial charge in [-0.15, -0.1) is 0 Å². The van der Waals surface area contributed by atoms with Gasteiger partial charge in [0.1, 0.15) is 0 Å². The van der Waals surface area contributed by atoms with Crippen LogP contribution >= 0.6 is 0 Å². The Morgan fingerprint density at radius 2 is 2.00 bits per heavy atom. The van der Waals surface area contributed by atoms with Gasteiger partial charge in [0.2, 0.25) is 0 Å². The number of urea groups is 1. The SMILES string of the molecule is CC(CNC(=O)N1CCCN(CC(=O)O)CC1)C1CC1. The van der Waals surface area contributed by atoms with E-state index >= 15 is 0 Å². The molecule has 0 spiro atoms. The van der Waals surface area contributed by atoms with E-state index in [1.165, 1.54) is 12.8 Å². The van der Waals surface area contributed by atoms with Crippen molar-refractivity contribution >= 4 is 12.0 Å². The Kier molecular flexibility index (Phi) is 5.23. The highest BCUT2D eigenvalue weighted by Gasteiger charge is 2.28. The van der Waals surface area contributed by atoms with Crippen molar-refractivity contribution in [2.24, 2.45) is 11.8 Å². The van der Waals surface area contributed by atoms with Gasteiger partial charge in [-0.3, -0.25) is 9.69 Å². The quantitative estimate of drug-likeness (QED) is 0.784. The second-order valence-electron chi connectivity index (χ2n) is 6.01. The van der Waals surface area contributed by atoms with Crippen molar-refractivity contribution in [3.05, 3.63) is 0 Å². The van der Waals surface area contributed by atoms with Gasteiger partial charge in [0.05, 0.1) is 6.54 Å². The van der Waals surface area contributed by atoms with E-state index in [4.69, 9.17) is 5.11 Å². The van der Waals surface area contributed by atoms with Gasteiger partial charge in [-0.25, -0.2) is 4.79 Å². The molecule has 2 N–H and O–H groups in total. The van der Waals surface area contributed by atoms with Crippen molar-refractivity contribution in [2.45, 2.75) is 26.2 Å². The monoisotopic (exact) mass is 283 g/mol. The van der Waals surface area contributed by atoms with E-state index < -0.39 is 5.97 Å². The summed E-state index contributed by atoms with van der Waals surface area (Å²) in [4.78, 5) is 26.5. The normalized spacial score (nSPS) is 22.1. The molecule has 6 heteroatoms. The third-order valence-electron chi connectivity index (χ3n) is 4.24. The smallest absolute Gasteiger partial charge is 0.317 e. The Labute approximate surface area is 120 Å². The molecule has 1 aliphatic heterocycles. The van der Waals surface area contributed by atoms with Crippen LogP contribution in [0.5, 0.6) is 0 Å². The molecular weight excluding hydrogens is 258 g/mol. The summed E-state index contributed by atoms with van der Waals surface area (Å²) in [6, 6.07) is -0.00493. The lowest BCUT2D eigenvalue weighted by atomic mass is 10.1. The van der Waals surface area contributed by atoms with Gasteiger partial charge in [0, 0.05) is 32.7 Å². The first-order chi connectivity index (χ1) is 9.56. The summed E-state index contributed by atoms with van der Waals surface area (Å²) in [6.45, 7) is 5.70. The van der Waals surface area contributed by atoms with Gasteiger partial charge in [-0.1, -0.05) is 6.92 Å². The number of carbonyl (C=O) groups excluding carboxylic acids is 1. The molecule has 114 valence electrons. The zero-order chi connectivity index (χ0) is 14.5. The maximum absolute atomic E-state index is 12.1. The Morgan fingerprint density at radius 1 is 1.25 bits per heavy atom. The second kappa shape index (κ2) is 6.92. The molecule has 1 heterocycles. The van der Waals surface area contributed by atoms with E-state index in [0.717, 1.165) is 25.4 Å². The summed E-state index contributed by atoms with van der Waals surface area (Å²) in [7, 11) is 0. The predicted octanol–water partition coefficient (Wildman–Crippen LogP) is 0.834. The molecular formula is C14H25N3O3. The molecule has 1 aliphatic carbocycles. The fraction of sp³-hybridized carbons (Fsp3) is 0.857. The first-order valence-electron chi connectivity index (χ1n) is 7.53. The van der Waals surface area contributed by atoms with Crippen LogP contribution in [0.2, 0.25) is 0 Å². The summed E-state index contributed by atoms with van der Waals surface area (Å²) in [6.07, 6.45) is 3.43. The summed E-state index contributed by atoms with van der Waals surface area (Å²) in [5, 5.41) is 11.8. The minimum absolute atomic E-state index is 0.00493. The minimum atomic E-state index is -0.804. The van der Waals surface area contributed by atoms with Gasteiger partial charge in [0.25, 0.3) is 0 Å². The van der Waals surface area contributed by atoms with Crippen molar-refractivity contribution in [2.75, 3.05) is 39.3 Å². The number of hydrogen-bond acceptors (Lipinski definition) is 3. The van der Waals surface area contributed by atoms with Gasteiger partial charge in [-0.05, 0) is 31.1 Å². The topological polar surface area (TPSA) is 72.9 Å². The molecule has 0 radical (unpaired) electrons. The van der Waals surface area contributed by atoms with Crippen LogP contribution in [0, 0.1) is 11.8 Å². The fourth-order valence-corrected chi connectivity index (χ4v) is 2.72. The summed E-state index contributed by atoms with van der Waals surface area (Å²) in [5.74, 6) is 0.557. The zero-order valence-corrected chi connectivity index (χ0v) is 12.2. The number of amides is 2. The van der Waals surface area contributed by atoms with E-state index in [1.54, 1.807) is 0 Å². The predicted molar refractivity (Wildman–Crippen MR) is 75.6 cm³/mol. The molecule has 6 nitrogen and oxygen atoms in total. The average molecular weight is 283 g/mol. The van der Waals surface area contributed by atoms with E-state index in [0.29, 0.717) is 25.6 Å². The maximum Gasteiger partial charge on any atom is 0.317 e. The number of aliphatic carboxylic acids is 1. The Bertz CT molecular complexity index is 358. The van der Waals surface area contributed by atoms with Crippen LogP contribution in [-0.4, -0.2) is 66.2 Å². The number of carboxylic acids is 1. The molecule has 0 bridgehead atoms. The van der Waals surface area contributed by atoms with Crippen molar-refractivity contribution < 1.29 is 14.7 Å². The van der Waals surface area contributed by atoms with Crippen LogP contribution < -0.4 is 5.32 Å². The van der Waals surface area contributed by atoms with Crippen molar-refractivity contribution in [3.63, 3.8) is 0 Å². The molecule has 1 unspecified atom stereocenters. The second-order valence-corrected chi connectivity index (χ2v) is 6.01. The largest absolute Gasteiger partial charge is 0.480 e. The zero-order valence-electron chi connectivity index (χ0n) is 12.2. The highest BCUT2D eigenvalue weighted by atomic mass is 16.4. The molecule has 0 aromatic carbocycles. The molecule has 2 fully saturated rings. The first-order valence-corrected chi connectivity index (χ1v) is 7.53. The lowest BCUT2D eigenvalue weighted by Crippen LogP contribution is -2.43. The number of carboxylic acid groups (broad SMARTS) is 1. The Morgan fingerprint density at radius 3 is 2.65 bits per heavy atom. The van der Waals surface area contributed by atoms with Crippen LogP contribution in [0.25, 0.3) is 0 Å². The van der Waals surface area contributed by atoms with Crippen molar-refractivity contribution in [3.8, 4) is 0 Å². The number of hydrogen-bond donors (Lipinski definition) is 2. The third-order valence-corrected chi connectivity index (χ3v) is 4.24. The maximum atomic E-state index is 12.1. The molecule has 1 saturated heterocycles. The van der Waals surface area contributed by atoms with E-state index in [1.807, 2.05) is 9.80 Å². The van der Waals surface area contributed by atoms with E-state index in [-0.39, 0.29) is 12.6 Å². The highest BCUT2D eigenvalue weighted by molar-refractivity contribution is 5.74. The Hall–Kier alpha value is -1.30. The lowest BCUT2D eigenvalue weighted by Gasteiger charge is -2.22. The highest BCUT2D eigenvalue weighted by Crippen LogP contribution is 2.36. The van der Waals surface area contributed by atoms with Crippen molar-refractivity contribution in [1.29, 1.82) is 0 Å². The van der Waals surface area contributed by atoms with Gasteiger partial charge < -0.3 is 15.3 Å². The number of nitrogens with zero attached hydrogens (tertiary/aromatic N) is 2. The Balaban J connectivity index is 1.71. The number of carbonyl (C=O) groups is 2. The molecule has 20 heavy (non-hydrogen) atoms. The standard InChI is InChI=1S/C14H25N3O3/c1-11(12-3-4-12)9-15-14(20)17-6-2-5-16(7-8-17)10-13(18)19/h11-12H,2-10H2,1H3,(H,15,20)(H,18,19). The van der Waals surface area contributed by atoms with Crippen molar-refractivity contribution in [1.82, 2.24) is 15.1 Å². The van der Waals surface area contributed by atoms with Gasteiger partial charge in [-0.2, -0.15) is 0 Å². The van der Waals surface area contributed by atoms with Crippen LogP contribution in [0.15, 0.2) is 0 Å². The molecule has 0 aromatic heterocycles. The molecule has 1 atom stereocenters.